The van der Waals surface area contributed by atoms with E-state index in [0.717, 1.165) is 18.1 Å². The molecule has 3 heterocycles. The van der Waals surface area contributed by atoms with Crippen molar-refractivity contribution in [3.05, 3.63) is 52.9 Å². The predicted molar refractivity (Wildman–Crippen MR) is 113 cm³/mol. The average molecular weight is 447 g/mol. The maximum Gasteiger partial charge on any atom is 0.272 e. The van der Waals surface area contributed by atoms with E-state index in [1.54, 1.807) is 6.92 Å². The fraction of sp³-hybridized carbons (Fsp3) is 0.455. The zero-order valence-corrected chi connectivity index (χ0v) is 18.6. The number of nitrogens with zero attached hydrogens (tertiary/aromatic N) is 4. The average Bonchev–Trinajstić information content (AvgIpc) is 3.23. The smallest absolute Gasteiger partial charge is 0.272 e. The number of nitrogens with one attached hydrogen (secondary N) is 1. The molecule has 4 rings (SSSR count). The van der Waals surface area contributed by atoms with E-state index in [1.807, 2.05) is 4.57 Å². The van der Waals surface area contributed by atoms with Gasteiger partial charge in [0.1, 0.15) is 11.5 Å². The minimum absolute atomic E-state index is 0.0585. The largest absolute Gasteiger partial charge is 0.379 e. The van der Waals surface area contributed by atoms with E-state index in [1.165, 1.54) is 6.07 Å². The van der Waals surface area contributed by atoms with Gasteiger partial charge in [-0.15, -0.1) is 0 Å². The molecule has 2 aromatic heterocycles. The van der Waals surface area contributed by atoms with E-state index in [4.69, 9.17) is 9.26 Å². The second-order valence-electron chi connectivity index (χ2n) is 8.02. The first-order chi connectivity index (χ1) is 15.3. The van der Waals surface area contributed by atoms with E-state index < -0.39 is 17.5 Å². The number of carbonyl (C=O) groups excluding carboxylic acids is 1. The number of carbonyl (C=O) groups is 1. The molecular formula is C22H27F2N5O3. The Bertz CT molecular complexity index is 1070. The number of amides is 1. The molecule has 3 aromatic rings. The Morgan fingerprint density at radius 1 is 1.19 bits per heavy atom. The van der Waals surface area contributed by atoms with E-state index >= 15 is 0 Å². The monoisotopic (exact) mass is 447 g/mol. The Balaban J connectivity index is 0.000000668. The summed E-state index contributed by atoms with van der Waals surface area (Å²) in [5.74, 6) is -0.369. The summed E-state index contributed by atoms with van der Waals surface area (Å²) >= 11 is 0. The van der Waals surface area contributed by atoms with Gasteiger partial charge in [0, 0.05) is 18.5 Å². The summed E-state index contributed by atoms with van der Waals surface area (Å²) in [5, 5.41) is 6.37. The van der Waals surface area contributed by atoms with E-state index in [0.29, 0.717) is 49.1 Å². The van der Waals surface area contributed by atoms with Crippen molar-refractivity contribution in [3.8, 4) is 11.4 Å². The summed E-state index contributed by atoms with van der Waals surface area (Å²) in [4.78, 5) is 21.2. The quantitative estimate of drug-likeness (QED) is 0.656. The molecule has 1 aliphatic rings. The molecule has 0 saturated carbocycles. The van der Waals surface area contributed by atoms with Gasteiger partial charge >= 0.3 is 0 Å². The Morgan fingerprint density at radius 3 is 2.59 bits per heavy atom. The molecule has 8 nitrogen and oxygen atoms in total. The van der Waals surface area contributed by atoms with Gasteiger partial charge in [-0.05, 0) is 31.0 Å². The first kappa shape index (κ1) is 23.5. The number of fused-ring (bicyclic) bond motifs is 1. The first-order valence-electron chi connectivity index (χ1n) is 10.5. The number of aromatic nitrogens is 4. The van der Waals surface area contributed by atoms with Gasteiger partial charge in [0.2, 0.25) is 5.89 Å². The molecule has 172 valence electrons. The third kappa shape index (κ3) is 5.76. The van der Waals surface area contributed by atoms with E-state index in [2.05, 4.69) is 41.2 Å². The van der Waals surface area contributed by atoms with Gasteiger partial charge in [0.05, 0.1) is 25.5 Å². The zero-order chi connectivity index (χ0) is 23.3. The normalized spacial score (nSPS) is 13.2. The van der Waals surface area contributed by atoms with Crippen LogP contribution >= 0.6 is 0 Å². The maximum absolute atomic E-state index is 13.7. The second-order valence-corrected chi connectivity index (χ2v) is 8.02. The zero-order valence-electron chi connectivity index (χ0n) is 18.6. The third-order valence-electron chi connectivity index (χ3n) is 4.38. The Labute approximate surface area is 185 Å². The van der Waals surface area contributed by atoms with Crippen molar-refractivity contribution in [1.82, 2.24) is 25.0 Å². The molecule has 0 spiro atoms. The Morgan fingerprint density at radius 2 is 1.94 bits per heavy atom. The lowest BCUT2D eigenvalue weighted by Gasteiger charge is -2.08. The van der Waals surface area contributed by atoms with Crippen LogP contribution in [0, 0.1) is 24.5 Å². The summed E-state index contributed by atoms with van der Waals surface area (Å²) in [6.07, 6.45) is 0.471. The maximum atomic E-state index is 13.7. The minimum atomic E-state index is -0.975. The molecule has 1 amide bonds. The van der Waals surface area contributed by atoms with Gasteiger partial charge in [-0.3, -0.25) is 4.79 Å². The van der Waals surface area contributed by atoms with Crippen LogP contribution in [-0.4, -0.2) is 38.8 Å². The lowest BCUT2D eigenvalue weighted by atomic mass is 10.2. The molecule has 1 aromatic carbocycles. The number of rotatable bonds is 4. The fourth-order valence-corrected chi connectivity index (χ4v) is 3.10. The van der Waals surface area contributed by atoms with Gasteiger partial charge in [-0.2, -0.15) is 4.98 Å². The highest BCUT2D eigenvalue weighted by Crippen LogP contribution is 2.26. The van der Waals surface area contributed by atoms with Crippen molar-refractivity contribution in [2.75, 3.05) is 13.2 Å². The van der Waals surface area contributed by atoms with Crippen LogP contribution in [0.25, 0.3) is 11.4 Å². The molecule has 0 fully saturated rings. The van der Waals surface area contributed by atoms with Crippen LogP contribution in [0.2, 0.25) is 0 Å². The standard InChI is InChI=1S/C18H17F2N5O3.C4H10/c1-10-22-15(28-24-10)9-21-18(26)16-14-4-6-27-7-5-25(14)17(23-16)11-2-3-12(19)13(20)8-11;1-4(2)3/h2-3,8H,4-7,9H2,1H3,(H,21,26);4H,1-3H3. The molecule has 0 saturated heterocycles. The number of benzene rings is 1. The van der Waals surface area contributed by atoms with E-state index in [9.17, 15) is 13.6 Å². The van der Waals surface area contributed by atoms with Crippen LogP contribution in [0.1, 0.15) is 48.7 Å². The van der Waals surface area contributed by atoms with Crippen molar-refractivity contribution in [3.63, 3.8) is 0 Å². The number of aryl methyl sites for hydroxylation is 1. The summed E-state index contributed by atoms with van der Waals surface area (Å²) < 4.78 is 39.3. The minimum Gasteiger partial charge on any atom is -0.379 e. The number of halogens is 2. The Kier molecular flexibility index (Phi) is 7.68. The Hall–Kier alpha value is -3.14. The number of imidazole rings is 1. The van der Waals surface area contributed by atoms with Crippen LogP contribution in [-0.2, 0) is 24.2 Å². The van der Waals surface area contributed by atoms with Crippen LogP contribution in [0.3, 0.4) is 0 Å². The summed E-state index contributed by atoms with van der Waals surface area (Å²) in [7, 11) is 0. The highest BCUT2D eigenvalue weighted by atomic mass is 19.2. The third-order valence-corrected chi connectivity index (χ3v) is 4.38. The van der Waals surface area contributed by atoms with Crippen LogP contribution < -0.4 is 5.32 Å². The molecule has 0 radical (unpaired) electrons. The summed E-state index contributed by atoms with van der Waals surface area (Å²) in [5.41, 5.74) is 1.27. The van der Waals surface area contributed by atoms with Gasteiger partial charge < -0.3 is 19.1 Å². The molecule has 0 bridgehead atoms. The van der Waals surface area contributed by atoms with E-state index in [-0.39, 0.29) is 18.1 Å². The lowest BCUT2D eigenvalue weighted by molar-refractivity contribution is 0.0940. The van der Waals surface area contributed by atoms with Gasteiger partial charge in [-0.25, -0.2) is 13.8 Å². The lowest BCUT2D eigenvalue weighted by Crippen LogP contribution is -2.25. The van der Waals surface area contributed by atoms with Crippen molar-refractivity contribution >= 4 is 5.91 Å². The highest BCUT2D eigenvalue weighted by Gasteiger charge is 2.25. The number of hydrogen-bond acceptors (Lipinski definition) is 6. The van der Waals surface area contributed by atoms with Crippen LogP contribution in [0.4, 0.5) is 8.78 Å². The molecule has 1 aliphatic heterocycles. The number of ether oxygens (including phenoxy) is 1. The molecule has 10 heteroatoms. The molecule has 0 atom stereocenters. The SMILES string of the molecule is CC(C)C.Cc1noc(CNC(=O)c2nc(-c3ccc(F)c(F)c3)n3c2CCOCC3)n1. The van der Waals surface area contributed by atoms with Gasteiger partial charge in [0.15, 0.2) is 17.5 Å². The van der Waals surface area contributed by atoms with Gasteiger partial charge in [-0.1, -0.05) is 25.9 Å². The summed E-state index contributed by atoms with van der Waals surface area (Å²) in [6, 6.07) is 3.54. The highest BCUT2D eigenvalue weighted by molar-refractivity contribution is 5.94. The van der Waals surface area contributed by atoms with Gasteiger partial charge in [0.25, 0.3) is 5.91 Å². The molecule has 0 unspecified atom stereocenters. The first-order valence-corrected chi connectivity index (χ1v) is 10.5. The van der Waals surface area contributed by atoms with Crippen molar-refractivity contribution in [1.29, 1.82) is 0 Å². The molecule has 32 heavy (non-hydrogen) atoms. The fourth-order valence-electron chi connectivity index (χ4n) is 3.10. The van der Waals surface area contributed by atoms with Crippen LogP contribution in [0.5, 0.6) is 0 Å². The summed E-state index contributed by atoms with van der Waals surface area (Å²) in [6.45, 7) is 9.56. The van der Waals surface area contributed by atoms with Crippen LogP contribution in [0.15, 0.2) is 22.7 Å². The predicted octanol–water partition coefficient (Wildman–Crippen LogP) is 3.68. The van der Waals surface area contributed by atoms with Crippen molar-refractivity contribution in [2.24, 2.45) is 5.92 Å². The second kappa shape index (κ2) is 10.4. The van der Waals surface area contributed by atoms with Crippen molar-refractivity contribution < 1.29 is 22.8 Å². The molecular weight excluding hydrogens is 420 g/mol. The molecule has 1 N–H and O–H groups in total. The van der Waals surface area contributed by atoms with Crippen molar-refractivity contribution in [2.45, 2.75) is 47.2 Å². The topological polar surface area (TPSA) is 95.1 Å². The molecule has 0 aliphatic carbocycles. The number of hydrogen-bond donors (Lipinski definition) is 1.